The molecule has 0 saturated heterocycles. The maximum Gasteiger partial charge on any atom is 0.303 e. The number of nitrogens with one attached hydrogen (secondary N) is 1. The first-order valence-corrected chi connectivity index (χ1v) is 9.21. The Bertz CT molecular complexity index is 1030. The smallest absolute Gasteiger partial charge is 0.303 e. The van der Waals surface area contributed by atoms with Crippen LogP contribution in [0, 0.1) is 5.41 Å². The number of carbonyl (C=O) groups is 2. The van der Waals surface area contributed by atoms with Gasteiger partial charge in [-0.05, 0) is 48.9 Å². The van der Waals surface area contributed by atoms with Crippen LogP contribution in [0.3, 0.4) is 0 Å². The predicted octanol–water partition coefficient (Wildman–Crippen LogP) is 3.26. The van der Waals surface area contributed by atoms with Crippen LogP contribution < -0.4 is 5.32 Å². The molecule has 3 aliphatic carbocycles. The van der Waals surface area contributed by atoms with Crippen molar-refractivity contribution in [1.82, 2.24) is 15.1 Å². The molecule has 6 rings (SSSR count). The monoisotopic (exact) mass is 377 g/mol. The Morgan fingerprint density at radius 2 is 1.89 bits per heavy atom. The van der Waals surface area contributed by atoms with E-state index in [1.807, 2.05) is 30.3 Å². The molecule has 0 radical (unpaired) electrons. The summed E-state index contributed by atoms with van der Waals surface area (Å²) in [7, 11) is 0. The number of carboxylic acid groups (broad SMARTS) is 1. The molecule has 3 saturated carbocycles. The van der Waals surface area contributed by atoms with Crippen molar-refractivity contribution in [3.63, 3.8) is 0 Å². The van der Waals surface area contributed by atoms with Gasteiger partial charge in [-0.3, -0.25) is 9.59 Å². The Morgan fingerprint density at radius 3 is 2.54 bits per heavy atom. The van der Waals surface area contributed by atoms with E-state index < -0.39 is 5.97 Å². The first-order chi connectivity index (χ1) is 13.5. The first-order valence-electron chi connectivity index (χ1n) is 9.21. The number of para-hydroxylation sites is 1. The van der Waals surface area contributed by atoms with E-state index in [2.05, 4.69) is 10.4 Å². The van der Waals surface area contributed by atoms with Crippen LogP contribution in [0.25, 0.3) is 17.1 Å². The molecule has 2 aromatic heterocycles. The minimum atomic E-state index is -0.773. The molecule has 0 aliphatic heterocycles. The number of aliphatic carboxylic acids is 1. The minimum Gasteiger partial charge on any atom is -0.481 e. The zero-order valence-electron chi connectivity index (χ0n) is 15.1. The number of benzene rings is 1. The van der Waals surface area contributed by atoms with Crippen LogP contribution in [0.1, 0.15) is 36.2 Å². The third-order valence-electron chi connectivity index (χ3n) is 5.76. The third-order valence-corrected chi connectivity index (χ3v) is 5.76. The van der Waals surface area contributed by atoms with Crippen molar-refractivity contribution in [2.24, 2.45) is 5.41 Å². The quantitative estimate of drug-likeness (QED) is 0.687. The second kappa shape index (κ2) is 5.82. The molecule has 3 aromatic rings. The van der Waals surface area contributed by atoms with Gasteiger partial charge in [-0.25, -0.2) is 4.68 Å². The van der Waals surface area contributed by atoms with Gasteiger partial charge < -0.3 is 14.8 Å². The molecule has 0 spiro atoms. The van der Waals surface area contributed by atoms with Crippen molar-refractivity contribution in [1.29, 1.82) is 0 Å². The summed E-state index contributed by atoms with van der Waals surface area (Å²) >= 11 is 0. The fourth-order valence-electron chi connectivity index (χ4n) is 4.80. The van der Waals surface area contributed by atoms with Crippen molar-refractivity contribution in [3.05, 3.63) is 60.5 Å². The van der Waals surface area contributed by atoms with Crippen LogP contribution >= 0.6 is 0 Å². The number of carbonyl (C=O) groups excluding carboxylic acids is 1. The molecule has 0 atom stereocenters. The Kier molecular flexibility index (Phi) is 3.49. The molecule has 2 heterocycles. The van der Waals surface area contributed by atoms with E-state index in [4.69, 9.17) is 9.52 Å². The highest BCUT2D eigenvalue weighted by molar-refractivity contribution is 5.95. The molecule has 7 heteroatoms. The van der Waals surface area contributed by atoms with E-state index in [1.54, 1.807) is 29.1 Å². The number of hydrogen-bond donors (Lipinski definition) is 2. The summed E-state index contributed by atoms with van der Waals surface area (Å²) in [5.74, 6) is -0.391. The van der Waals surface area contributed by atoms with Gasteiger partial charge in [0, 0.05) is 11.6 Å². The van der Waals surface area contributed by atoms with Crippen molar-refractivity contribution in [3.8, 4) is 17.1 Å². The van der Waals surface area contributed by atoms with E-state index in [0.717, 1.165) is 24.9 Å². The standard InChI is InChI=1S/C21H19N3O4/c25-18(26)10-20-11-21(12-20,13-20)22-19(27)16-9-15(17-7-4-8-28-17)23-24(16)14-5-2-1-3-6-14/h1-9H,10-13H2,(H,22,27)(H,25,26). The van der Waals surface area contributed by atoms with Crippen molar-refractivity contribution in [2.75, 3.05) is 0 Å². The predicted molar refractivity (Wildman–Crippen MR) is 100 cm³/mol. The van der Waals surface area contributed by atoms with Crippen molar-refractivity contribution >= 4 is 11.9 Å². The number of aromatic nitrogens is 2. The molecule has 3 aliphatic rings. The normalized spacial score (nSPS) is 24.9. The Hall–Kier alpha value is -3.35. The molecule has 142 valence electrons. The van der Waals surface area contributed by atoms with Crippen LogP contribution in [0.2, 0.25) is 0 Å². The molecule has 1 amide bonds. The van der Waals surface area contributed by atoms with Gasteiger partial charge in [0.05, 0.1) is 18.4 Å². The second-order valence-corrected chi connectivity index (χ2v) is 7.97. The van der Waals surface area contributed by atoms with Crippen LogP contribution in [0.5, 0.6) is 0 Å². The van der Waals surface area contributed by atoms with E-state index in [1.165, 1.54) is 0 Å². The minimum absolute atomic E-state index is 0.127. The van der Waals surface area contributed by atoms with Crippen molar-refractivity contribution in [2.45, 2.75) is 31.2 Å². The molecule has 0 unspecified atom stereocenters. The van der Waals surface area contributed by atoms with Gasteiger partial charge in [0.1, 0.15) is 11.4 Å². The van der Waals surface area contributed by atoms with E-state index >= 15 is 0 Å². The zero-order chi connectivity index (χ0) is 19.4. The molecule has 1 aromatic carbocycles. The third kappa shape index (κ3) is 2.62. The molecule has 28 heavy (non-hydrogen) atoms. The van der Waals surface area contributed by atoms with Crippen LogP contribution in [-0.4, -0.2) is 32.3 Å². The van der Waals surface area contributed by atoms with Gasteiger partial charge in [-0.1, -0.05) is 18.2 Å². The first kappa shape index (κ1) is 16.8. The number of nitrogens with zero attached hydrogens (tertiary/aromatic N) is 2. The summed E-state index contributed by atoms with van der Waals surface area (Å²) < 4.78 is 7.05. The van der Waals surface area contributed by atoms with Crippen LogP contribution in [-0.2, 0) is 4.79 Å². The fraction of sp³-hybridized carbons (Fsp3) is 0.286. The number of rotatable bonds is 6. The Balaban J connectivity index is 1.42. The fourth-order valence-corrected chi connectivity index (χ4v) is 4.80. The lowest BCUT2D eigenvalue weighted by Crippen LogP contribution is -2.75. The molecule has 3 fully saturated rings. The van der Waals surface area contributed by atoms with Gasteiger partial charge >= 0.3 is 5.97 Å². The van der Waals surface area contributed by atoms with E-state index in [0.29, 0.717) is 17.1 Å². The van der Waals surface area contributed by atoms with Crippen LogP contribution in [0.4, 0.5) is 0 Å². The summed E-state index contributed by atoms with van der Waals surface area (Å²) in [6.07, 6.45) is 3.92. The number of hydrogen-bond acceptors (Lipinski definition) is 4. The lowest BCUT2D eigenvalue weighted by atomic mass is 9.38. The van der Waals surface area contributed by atoms with Crippen molar-refractivity contribution < 1.29 is 19.1 Å². The highest BCUT2D eigenvalue weighted by Crippen LogP contribution is 2.68. The average molecular weight is 377 g/mol. The summed E-state index contributed by atoms with van der Waals surface area (Å²) in [5, 5.41) is 16.7. The molecular formula is C21H19N3O4. The largest absolute Gasteiger partial charge is 0.481 e. The Labute approximate surface area is 161 Å². The van der Waals surface area contributed by atoms with E-state index in [-0.39, 0.29) is 23.3 Å². The topological polar surface area (TPSA) is 97.4 Å². The number of amides is 1. The van der Waals surface area contributed by atoms with Crippen LogP contribution in [0.15, 0.2) is 59.2 Å². The summed E-state index contributed by atoms with van der Waals surface area (Å²) in [5.41, 5.74) is 1.39. The molecule has 2 N–H and O–H groups in total. The lowest BCUT2D eigenvalue weighted by molar-refractivity contribution is -0.172. The summed E-state index contributed by atoms with van der Waals surface area (Å²) in [6.45, 7) is 0. The SMILES string of the molecule is O=C(O)CC12CC(NC(=O)c3cc(-c4ccco4)nn3-c3ccccc3)(C1)C2. The van der Waals surface area contributed by atoms with Gasteiger partial charge in [-0.2, -0.15) is 5.10 Å². The van der Waals surface area contributed by atoms with Gasteiger partial charge in [-0.15, -0.1) is 0 Å². The molecule has 2 bridgehead atoms. The number of furan rings is 1. The van der Waals surface area contributed by atoms with Gasteiger partial charge in [0.2, 0.25) is 0 Å². The second-order valence-electron chi connectivity index (χ2n) is 7.97. The highest BCUT2D eigenvalue weighted by Gasteiger charge is 2.68. The summed E-state index contributed by atoms with van der Waals surface area (Å²) in [4.78, 5) is 24.1. The maximum atomic E-state index is 13.1. The number of carboxylic acids is 1. The lowest BCUT2D eigenvalue weighted by Gasteiger charge is -2.70. The van der Waals surface area contributed by atoms with E-state index in [9.17, 15) is 9.59 Å². The summed E-state index contributed by atoms with van der Waals surface area (Å²) in [6, 6.07) is 14.8. The Morgan fingerprint density at radius 1 is 1.14 bits per heavy atom. The maximum absolute atomic E-state index is 13.1. The highest BCUT2D eigenvalue weighted by atomic mass is 16.4. The zero-order valence-corrected chi connectivity index (χ0v) is 15.1. The van der Waals surface area contributed by atoms with Gasteiger partial charge in [0.15, 0.2) is 5.76 Å². The van der Waals surface area contributed by atoms with Gasteiger partial charge in [0.25, 0.3) is 5.91 Å². The molecular weight excluding hydrogens is 358 g/mol. The average Bonchev–Trinajstić information content (AvgIpc) is 3.28. The molecule has 7 nitrogen and oxygen atoms in total.